The topological polar surface area (TPSA) is 40.5 Å². The number of carboxylic acid groups (broad SMARTS) is 1. The fourth-order valence-electron chi connectivity index (χ4n) is 2.90. The Morgan fingerprint density at radius 3 is 2.95 bits per heavy atom. The van der Waals surface area contributed by atoms with Crippen LogP contribution in [-0.2, 0) is 4.79 Å². The molecule has 2 atom stereocenters. The molecule has 1 aliphatic rings. The number of carboxylic acids is 1. The Balaban J connectivity index is 2.10. The van der Waals surface area contributed by atoms with E-state index in [1.807, 2.05) is 12.1 Å². The lowest BCUT2D eigenvalue weighted by molar-refractivity contribution is -0.138. The Bertz CT molecular complexity index is 493. The number of benzene rings is 1. The molecule has 1 aromatic carbocycles. The van der Waals surface area contributed by atoms with Crippen molar-refractivity contribution >= 4 is 29.2 Å². The van der Waals surface area contributed by atoms with Crippen molar-refractivity contribution in [3.63, 3.8) is 0 Å². The molecule has 1 aromatic rings. The van der Waals surface area contributed by atoms with Crippen molar-refractivity contribution in [1.29, 1.82) is 0 Å². The van der Waals surface area contributed by atoms with Gasteiger partial charge in [-0.05, 0) is 43.9 Å². The number of hydrogen-bond acceptors (Lipinski definition) is 2. The van der Waals surface area contributed by atoms with Crippen molar-refractivity contribution in [2.24, 2.45) is 5.92 Å². The van der Waals surface area contributed by atoms with Crippen molar-refractivity contribution in [2.45, 2.75) is 32.2 Å². The van der Waals surface area contributed by atoms with Crippen LogP contribution >= 0.6 is 23.2 Å². The van der Waals surface area contributed by atoms with Crippen molar-refractivity contribution in [3.05, 3.63) is 33.8 Å². The second-order valence-electron chi connectivity index (χ2n) is 5.42. The van der Waals surface area contributed by atoms with Gasteiger partial charge in [-0.25, -0.2) is 0 Å². The molecule has 2 rings (SSSR count). The summed E-state index contributed by atoms with van der Waals surface area (Å²) in [6, 6.07) is 5.82. The van der Waals surface area contributed by atoms with Gasteiger partial charge in [-0.15, -0.1) is 0 Å². The average molecular weight is 316 g/mol. The number of nitrogens with zero attached hydrogens (tertiary/aromatic N) is 1. The van der Waals surface area contributed by atoms with Crippen LogP contribution in [0.2, 0.25) is 10.0 Å². The molecule has 20 heavy (non-hydrogen) atoms. The molecular formula is C15H19Cl2NO2. The van der Waals surface area contributed by atoms with E-state index in [4.69, 9.17) is 28.3 Å². The first-order chi connectivity index (χ1) is 9.49. The zero-order valence-electron chi connectivity index (χ0n) is 11.5. The van der Waals surface area contributed by atoms with E-state index in [1.54, 1.807) is 6.07 Å². The fraction of sp³-hybridized carbons (Fsp3) is 0.533. The highest BCUT2D eigenvalue weighted by Crippen LogP contribution is 2.34. The highest BCUT2D eigenvalue weighted by molar-refractivity contribution is 6.42. The molecule has 5 heteroatoms. The van der Waals surface area contributed by atoms with Gasteiger partial charge in [0.25, 0.3) is 0 Å². The van der Waals surface area contributed by atoms with E-state index in [1.165, 1.54) is 0 Å². The molecule has 110 valence electrons. The second kappa shape index (κ2) is 6.79. The number of halogens is 2. The summed E-state index contributed by atoms with van der Waals surface area (Å²) in [5.41, 5.74) is 1.01. The maximum atomic E-state index is 10.9. The molecule has 0 radical (unpaired) electrons. The normalized spacial score (nSPS) is 21.6. The number of piperidine rings is 1. The standard InChI is InChI=1S/C15H19Cl2NO2/c1-10(12-5-2-6-13(16)15(12)17)18-7-3-4-11(9-18)8-14(19)20/h2,5-6,10-11H,3-4,7-9H2,1H3,(H,19,20). The zero-order chi connectivity index (χ0) is 14.7. The van der Waals surface area contributed by atoms with Gasteiger partial charge < -0.3 is 5.11 Å². The summed E-state index contributed by atoms with van der Waals surface area (Å²) < 4.78 is 0. The predicted molar refractivity (Wildman–Crippen MR) is 81.4 cm³/mol. The molecule has 3 nitrogen and oxygen atoms in total. The van der Waals surface area contributed by atoms with Crippen molar-refractivity contribution in [2.75, 3.05) is 13.1 Å². The summed E-state index contributed by atoms with van der Waals surface area (Å²) in [6.45, 7) is 3.87. The first-order valence-electron chi connectivity index (χ1n) is 6.88. The Morgan fingerprint density at radius 2 is 2.25 bits per heavy atom. The second-order valence-corrected chi connectivity index (χ2v) is 6.21. The molecule has 0 aliphatic carbocycles. The van der Waals surface area contributed by atoms with Crippen LogP contribution in [0.3, 0.4) is 0 Å². The minimum absolute atomic E-state index is 0.151. The lowest BCUT2D eigenvalue weighted by Gasteiger charge is -2.37. The molecule has 1 aliphatic heterocycles. The molecule has 2 unspecified atom stereocenters. The SMILES string of the molecule is CC(c1cccc(Cl)c1Cl)N1CCCC(CC(=O)O)C1. The summed E-state index contributed by atoms with van der Waals surface area (Å²) in [5.74, 6) is -0.494. The Labute approximate surface area is 129 Å². The Kier molecular flexibility index (Phi) is 5.30. The van der Waals surface area contributed by atoms with Crippen LogP contribution in [0.5, 0.6) is 0 Å². The number of carbonyl (C=O) groups is 1. The third-order valence-electron chi connectivity index (χ3n) is 3.99. The molecule has 0 spiro atoms. The molecule has 1 heterocycles. The number of likely N-dealkylation sites (tertiary alicyclic amines) is 1. The minimum Gasteiger partial charge on any atom is -0.481 e. The fourth-order valence-corrected chi connectivity index (χ4v) is 3.37. The Hall–Kier alpha value is -0.770. The van der Waals surface area contributed by atoms with Gasteiger partial charge in [0.05, 0.1) is 10.0 Å². The van der Waals surface area contributed by atoms with E-state index >= 15 is 0 Å². The van der Waals surface area contributed by atoms with Crippen LogP contribution in [-0.4, -0.2) is 29.1 Å². The molecule has 0 saturated carbocycles. The third kappa shape index (κ3) is 3.66. The van der Waals surface area contributed by atoms with Gasteiger partial charge in [0.15, 0.2) is 0 Å². The first kappa shape index (κ1) is 15.6. The van der Waals surface area contributed by atoms with E-state index in [-0.39, 0.29) is 18.4 Å². The average Bonchev–Trinajstić information content (AvgIpc) is 2.41. The lowest BCUT2D eigenvalue weighted by Crippen LogP contribution is -2.38. The van der Waals surface area contributed by atoms with E-state index in [9.17, 15) is 4.79 Å². The van der Waals surface area contributed by atoms with Gasteiger partial charge >= 0.3 is 5.97 Å². The van der Waals surface area contributed by atoms with Crippen LogP contribution in [0.1, 0.15) is 37.8 Å². The van der Waals surface area contributed by atoms with Crippen LogP contribution in [0.4, 0.5) is 0 Å². The van der Waals surface area contributed by atoms with Gasteiger partial charge in [-0.1, -0.05) is 35.3 Å². The van der Waals surface area contributed by atoms with Gasteiger partial charge in [0.2, 0.25) is 0 Å². The van der Waals surface area contributed by atoms with Gasteiger partial charge in [-0.2, -0.15) is 0 Å². The van der Waals surface area contributed by atoms with Crippen LogP contribution in [0.25, 0.3) is 0 Å². The van der Waals surface area contributed by atoms with E-state index < -0.39 is 5.97 Å². The molecular weight excluding hydrogens is 297 g/mol. The maximum Gasteiger partial charge on any atom is 0.303 e. The van der Waals surface area contributed by atoms with Gasteiger partial charge in [0.1, 0.15) is 0 Å². The monoisotopic (exact) mass is 315 g/mol. The highest BCUT2D eigenvalue weighted by atomic mass is 35.5. The highest BCUT2D eigenvalue weighted by Gasteiger charge is 2.26. The third-order valence-corrected chi connectivity index (χ3v) is 4.83. The largest absolute Gasteiger partial charge is 0.481 e. The number of rotatable bonds is 4. The summed E-state index contributed by atoms with van der Waals surface area (Å²) in [5, 5.41) is 10.1. The summed E-state index contributed by atoms with van der Waals surface area (Å²) in [4.78, 5) is 13.2. The molecule has 1 saturated heterocycles. The molecule has 0 bridgehead atoms. The number of aliphatic carboxylic acids is 1. The zero-order valence-corrected chi connectivity index (χ0v) is 13.0. The van der Waals surface area contributed by atoms with Crippen LogP contribution in [0.15, 0.2) is 18.2 Å². The predicted octanol–water partition coefficient (Wildman–Crippen LogP) is 4.24. The first-order valence-corrected chi connectivity index (χ1v) is 7.64. The Morgan fingerprint density at radius 1 is 1.50 bits per heavy atom. The lowest BCUT2D eigenvalue weighted by atomic mass is 9.93. The molecule has 1 N–H and O–H groups in total. The van der Waals surface area contributed by atoms with Crippen LogP contribution in [0, 0.1) is 5.92 Å². The molecule has 1 fully saturated rings. The van der Waals surface area contributed by atoms with Gasteiger partial charge in [0, 0.05) is 19.0 Å². The van der Waals surface area contributed by atoms with Crippen molar-refractivity contribution < 1.29 is 9.90 Å². The maximum absolute atomic E-state index is 10.9. The minimum atomic E-state index is -0.717. The van der Waals surface area contributed by atoms with Gasteiger partial charge in [-0.3, -0.25) is 9.69 Å². The van der Waals surface area contributed by atoms with E-state index in [2.05, 4.69) is 11.8 Å². The summed E-state index contributed by atoms with van der Waals surface area (Å²) in [6.07, 6.45) is 2.26. The van der Waals surface area contributed by atoms with Crippen LogP contribution < -0.4 is 0 Å². The molecule has 0 aromatic heterocycles. The summed E-state index contributed by atoms with van der Waals surface area (Å²) in [7, 11) is 0. The van der Waals surface area contributed by atoms with Crippen molar-refractivity contribution in [1.82, 2.24) is 4.90 Å². The quantitative estimate of drug-likeness (QED) is 0.903. The molecule has 0 amide bonds. The smallest absolute Gasteiger partial charge is 0.303 e. The van der Waals surface area contributed by atoms with E-state index in [0.717, 1.165) is 31.5 Å². The number of hydrogen-bond donors (Lipinski definition) is 1. The van der Waals surface area contributed by atoms with Crippen molar-refractivity contribution in [3.8, 4) is 0 Å². The van der Waals surface area contributed by atoms with E-state index in [0.29, 0.717) is 10.0 Å². The summed E-state index contributed by atoms with van der Waals surface area (Å²) >= 11 is 12.3.